The number of hydrogen-bond donors (Lipinski definition) is 0. The van der Waals surface area contributed by atoms with Crippen LogP contribution in [-0.4, -0.2) is 55.1 Å². The predicted octanol–water partition coefficient (Wildman–Crippen LogP) is 4.75. The van der Waals surface area contributed by atoms with E-state index < -0.39 is 11.9 Å². The minimum Gasteiger partial charge on any atom is -0.480 e. The van der Waals surface area contributed by atoms with Crippen LogP contribution in [0.4, 0.5) is 24.7 Å². The van der Waals surface area contributed by atoms with Crippen LogP contribution in [0.15, 0.2) is 43.0 Å². The molecule has 216 valence electrons. The summed E-state index contributed by atoms with van der Waals surface area (Å²) in [7, 11) is 3.09. The maximum absolute atomic E-state index is 13.3. The molecule has 0 radical (unpaired) electrons. The molecule has 3 aliphatic rings. The van der Waals surface area contributed by atoms with E-state index in [9.17, 15) is 18.0 Å². The molecule has 0 N–H and O–H groups in total. The Morgan fingerprint density at radius 2 is 1.79 bits per heavy atom. The third-order valence-corrected chi connectivity index (χ3v) is 7.79. The molecule has 10 nitrogen and oxygen atoms in total. The van der Waals surface area contributed by atoms with Crippen molar-refractivity contribution in [1.82, 2.24) is 29.5 Å². The van der Waals surface area contributed by atoms with Crippen molar-refractivity contribution in [2.24, 2.45) is 7.05 Å². The van der Waals surface area contributed by atoms with Gasteiger partial charge in [0.05, 0.1) is 25.5 Å². The zero-order valence-electron chi connectivity index (χ0n) is 23.0. The lowest BCUT2D eigenvalue weighted by Crippen LogP contribution is -2.47. The molecule has 0 atom stereocenters. The van der Waals surface area contributed by atoms with E-state index in [0.29, 0.717) is 46.8 Å². The molecule has 2 fully saturated rings. The summed E-state index contributed by atoms with van der Waals surface area (Å²) in [6, 6.07) is 7.27. The highest BCUT2D eigenvalue weighted by atomic mass is 19.4. The van der Waals surface area contributed by atoms with Gasteiger partial charge in [-0.15, -0.1) is 0 Å². The number of carbonyl (C=O) groups excluding carboxylic acids is 1. The number of rotatable bonds is 7. The smallest absolute Gasteiger partial charge is 0.434 e. The number of carbonyl (C=O) groups is 1. The largest absolute Gasteiger partial charge is 0.480 e. The lowest BCUT2D eigenvalue weighted by molar-refractivity contribution is -0.140. The summed E-state index contributed by atoms with van der Waals surface area (Å²) in [4.78, 5) is 39.3. The number of alkyl halides is 3. The number of halogens is 3. The molecule has 0 saturated heterocycles. The predicted molar refractivity (Wildman–Crippen MR) is 147 cm³/mol. The summed E-state index contributed by atoms with van der Waals surface area (Å²) in [5, 5.41) is 0. The van der Waals surface area contributed by atoms with Gasteiger partial charge < -0.3 is 19.1 Å². The zero-order valence-corrected chi connectivity index (χ0v) is 23.0. The number of hydrogen-bond acceptors (Lipinski definition) is 8. The van der Waals surface area contributed by atoms with E-state index in [0.717, 1.165) is 43.1 Å². The number of aryl methyl sites for hydroxylation is 1. The van der Waals surface area contributed by atoms with Gasteiger partial charge in [-0.1, -0.05) is 24.3 Å². The Labute approximate surface area is 239 Å². The summed E-state index contributed by atoms with van der Waals surface area (Å²) < 4.78 is 46.4. The van der Waals surface area contributed by atoms with Gasteiger partial charge in [0.25, 0.3) is 0 Å². The fourth-order valence-electron chi connectivity index (χ4n) is 5.47. The monoisotopic (exact) mass is 576 g/mol. The van der Waals surface area contributed by atoms with Crippen LogP contribution in [-0.2, 0) is 24.6 Å². The number of methoxy groups -OCH3 is 1. The fraction of sp³-hybridized carbons (Fsp3) is 0.379. The number of fused-ring (bicyclic) bond motifs is 1. The van der Waals surface area contributed by atoms with Crippen LogP contribution in [0.1, 0.15) is 48.6 Å². The summed E-state index contributed by atoms with van der Waals surface area (Å²) in [5.41, 5.74) is 2.66. The topological polar surface area (TPSA) is 102 Å². The van der Waals surface area contributed by atoms with Crippen molar-refractivity contribution in [2.45, 2.75) is 50.4 Å². The lowest BCUT2D eigenvalue weighted by Gasteiger charge is -2.36. The molecule has 13 heteroatoms. The molecule has 1 aromatic carbocycles. The highest BCUT2D eigenvalue weighted by Crippen LogP contribution is 2.46. The first-order chi connectivity index (χ1) is 20.2. The molecule has 1 amide bonds. The number of imidazole rings is 1. The van der Waals surface area contributed by atoms with Gasteiger partial charge in [-0.2, -0.15) is 13.2 Å². The van der Waals surface area contributed by atoms with Gasteiger partial charge in [0.15, 0.2) is 17.3 Å². The van der Waals surface area contributed by atoms with Crippen molar-refractivity contribution in [1.29, 1.82) is 0 Å². The third-order valence-electron chi connectivity index (χ3n) is 7.79. The molecule has 0 spiro atoms. The summed E-state index contributed by atoms with van der Waals surface area (Å²) in [6.45, 7) is 0.494. The van der Waals surface area contributed by atoms with E-state index in [1.807, 2.05) is 17.0 Å². The van der Waals surface area contributed by atoms with Gasteiger partial charge in [-0.3, -0.25) is 4.79 Å². The molecular weight excluding hydrogens is 549 g/mol. The first-order valence-electron chi connectivity index (χ1n) is 13.7. The van der Waals surface area contributed by atoms with Gasteiger partial charge in [0, 0.05) is 37.3 Å². The first-order valence-corrected chi connectivity index (χ1v) is 13.7. The van der Waals surface area contributed by atoms with Crippen LogP contribution in [0.25, 0.3) is 22.8 Å². The summed E-state index contributed by atoms with van der Waals surface area (Å²) in [6.07, 6.45) is 3.57. The van der Waals surface area contributed by atoms with Gasteiger partial charge in [0.1, 0.15) is 23.4 Å². The van der Waals surface area contributed by atoms with Crippen molar-refractivity contribution in [3.05, 3.63) is 59.9 Å². The normalized spacial score (nSPS) is 17.0. The van der Waals surface area contributed by atoms with Crippen LogP contribution < -0.4 is 14.5 Å². The molecule has 42 heavy (non-hydrogen) atoms. The maximum Gasteiger partial charge on any atom is 0.434 e. The van der Waals surface area contributed by atoms with Crippen molar-refractivity contribution in [3.8, 4) is 28.7 Å². The van der Waals surface area contributed by atoms with Crippen molar-refractivity contribution in [2.75, 3.05) is 23.5 Å². The Bertz CT molecular complexity index is 1680. The summed E-state index contributed by atoms with van der Waals surface area (Å²) >= 11 is 0. The van der Waals surface area contributed by atoms with E-state index >= 15 is 0 Å². The Balaban J connectivity index is 1.23. The molecule has 7 rings (SSSR count). The number of benzene rings is 1. The number of nitrogens with zero attached hydrogens (tertiary/aromatic N) is 8. The maximum atomic E-state index is 13.3. The number of aromatic nitrogens is 6. The Morgan fingerprint density at radius 1 is 1.02 bits per heavy atom. The first kappa shape index (κ1) is 26.4. The van der Waals surface area contributed by atoms with Crippen LogP contribution in [0.3, 0.4) is 0 Å². The molecule has 2 saturated carbocycles. The second-order valence-electron chi connectivity index (χ2n) is 10.9. The Morgan fingerprint density at radius 3 is 2.43 bits per heavy atom. The Hall–Kier alpha value is -4.55. The van der Waals surface area contributed by atoms with E-state index in [4.69, 9.17) is 9.72 Å². The van der Waals surface area contributed by atoms with Gasteiger partial charge in [-0.05, 0) is 31.2 Å². The number of amides is 1. The van der Waals surface area contributed by atoms with Gasteiger partial charge >= 0.3 is 6.18 Å². The zero-order chi connectivity index (χ0) is 29.2. The van der Waals surface area contributed by atoms with E-state index in [-0.39, 0.29) is 24.3 Å². The van der Waals surface area contributed by atoms with Gasteiger partial charge in [0.2, 0.25) is 11.8 Å². The van der Waals surface area contributed by atoms with E-state index in [1.165, 1.54) is 17.9 Å². The highest BCUT2D eigenvalue weighted by Gasteiger charge is 2.41. The molecular formula is C29H27F3N8O2. The number of ether oxygens (including phenoxy) is 1. The van der Waals surface area contributed by atoms with Gasteiger partial charge in [-0.25, -0.2) is 24.9 Å². The molecule has 4 heterocycles. The molecule has 2 aliphatic carbocycles. The minimum atomic E-state index is -4.52. The molecule has 1 aliphatic heterocycles. The van der Waals surface area contributed by atoms with E-state index in [1.54, 1.807) is 30.3 Å². The quantitative estimate of drug-likeness (QED) is 0.311. The number of anilines is 2. The lowest BCUT2D eigenvalue weighted by atomic mass is 10.1. The average Bonchev–Trinajstić information content (AvgIpc) is 3.91. The van der Waals surface area contributed by atoms with E-state index in [2.05, 4.69) is 19.9 Å². The molecule has 0 bridgehead atoms. The Kier molecular flexibility index (Phi) is 6.13. The van der Waals surface area contributed by atoms with Crippen molar-refractivity contribution >= 4 is 17.4 Å². The average molecular weight is 577 g/mol. The van der Waals surface area contributed by atoms with Crippen molar-refractivity contribution in [3.63, 3.8) is 0 Å². The van der Waals surface area contributed by atoms with Crippen LogP contribution >= 0.6 is 0 Å². The SMILES string of the molecule is COc1ncnc(C2CC2)c1-c1ncc2c(n1)N(Cc1ccc(-c3nc(C(F)(F)F)cn3C)cc1)CC(=O)N2C1CC1. The third kappa shape index (κ3) is 4.72. The molecule has 3 aromatic heterocycles. The van der Waals surface area contributed by atoms with Crippen molar-refractivity contribution < 1.29 is 22.7 Å². The standard InChI is InChI=1S/C29H27F3N8O2/c1-38-13-21(29(30,31)32)36-26(38)18-5-3-16(4-6-18)12-39-14-22(41)40(19-9-10-19)20-11-33-25(37-27(20)39)23-24(17-7-8-17)34-15-35-28(23)42-2/h3-6,11,13,15,17,19H,7-10,12,14H2,1-2H3. The minimum absolute atomic E-state index is 0.0232. The van der Waals surface area contributed by atoms with Crippen LogP contribution in [0, 0.1) is 0 Å². The molecule has 0 unspecified atom stereocenters. The highest BCUT2D eigenvalue weighted by molar-refractivity contribution is 6.03. The van der Waals surface area contributed by atoms with Crippen LogP contribution in [0.5, 0.6) is 5.88 Å². The fourth-order valence-corrected chi connectivity index (χ4v) is 5.47. The summed E-state index contributed by atoms with van der Waals surface area (Å²) in [5.74, 6) is 1.97. The molecule has 4 aromatic rings. The second kappa shape index (κ2) is 9.78. The second-order valence-corrected chi connectivity index (χ2v) is 10.9. The van der Waals surface area contributed by atoms with Crippen LogP contribution in [0.2, 0.25) is 0 Å².